The zero-order chi connectivity index (χ0) is 16.5. The molecule has 2 aliphatic heterocycles. The Hall–Kier alpha value is -2.51. The molecule has 2 atom stereocenters. The van der Waals surface area contributed by atoms with Crippen LogP contribution in [0.4, 0.5) is 5.69 Å². The number of fused-ring (bicyclic) bond motifs is 3. The first-order valence-corrected chi connectivity index (χ1v) is 8.46. The van der Waals surface area contributed by atoms with E-state index in [1.165, 1.54) is 11.1 Å². The lowest BCUT2D eigenvalue weighted by atomic mass is 9.86. The summed E-state index contributed by atoms with van der Waals surface area (Å²) in [5.74, 6) is 1.95. The van der Waals surface area contributed by atoms with Gasteiger partial charge in [-0.1, -0.05) is 12.1 Å². The van der Waals surface area contributed by atoms with E-state index in [0.29, 0.717) is 11.8 Å². The van der Waals surface area contributed by atoms with Crippen LogP contribution < -0.4 is 10.5 Å². The van der Waals surface area contributed by atoms with E-state index in [9.17, 15) is 0 Å². The Labute approximate surface area is 142 Å². The second kappa shape index (κ2) is 6.18. The van der Waals surface area contributed by atoms with Crippen LogP contribution in [0.1, 0.15) is 22.6 Å². The molecule has 0 unspecified atom stereocenters. The van der Waals surface area contributed by atoms with Gasteiger partial charge in [0.2, 0.25) is 0 Å². The van der Waals surface area contributed by atoms with Crippen LogP contribution >= 0.6 is 0 Å². The molecule has 0 bridgehead atoms. The topological polar surface area (TPSA) is 62.3 Å². The number of rotatable bonds is 3. The first-order chi connectivity index (χ1) is 11.7. The molecule has 122 valence electrons. The van der Waals surface area contributed by atoms with E-state index in [4.69, 9.17) is 15.7 Å². The van der Waals surface area contributed by atoms with Gasteiger partial charge >= 0.3 is 0 Å². The number of ether oxygens (including phenoxy) is 1. The number of nitriles is 1. The molecule has 4 rings (SSSR count). The van der Waals surface area contributed by atoms with Crippen molar-refractivity contribution in [2.45, 2.75) is 12.3 Å². The molecule has 24 heavy (non-hydrogen) atoms. The molecule has 1 fully saturated rings. The summed E-state index contributed by atoms with van der Waals surface area (Å²) in [4.78, 5) is 2.51. The Morgan fingerprint density at radius 2 is 2.12 bits per heavy atom. The highest BCUT2D eigenvalue weighted by atomic mass is 16.5. The molecule has 2 aromatic rings. The standard InChI is InChI=1S/C20H21N3O/c21-10-15-4-5-20-18(9-15)19-12-23(11-16(19)13-24-20)7-6-14-2-1-3-17(22)8-14/h1-5,8-9,16,19H,6-7,11-13,22H2/t16-,19+/m0/s1. The minimum absolute atomic E-state index is 0.475. The van der Waals surface area contributed by atoms with Crippen molar-refractivity contribution in [3.8, 4) is 11.8 Å². The van der Waals surface area contributed by atoms with Crippen molar-refractivity contribution in [3.05, 3.63) is 59.2 Å². The summed E-state index contributed by atoms with van der Waals surface area (Å²) in [5, 5.41) is 9.15. The molecule has 0 amide bonds. The van der Waals surface area contributed by atoms with Gasteiger partial charge in [0.15, 0.2) is 0 Å². The van der Waals surface area contributed by atoms with Crippen molar-refractivity contribution in [1.29, 1.82) is 5.26 Å². The van der Waals surface area contributed by atoms with E-state index in [1.54, 1.807) is 0 Å². The van der Waals surface area contributed by atoms with Gasteiger partial charge in [0.25, 0.3) is 0 Å². The molecule has 2 heterocycles. The number of nitrogens with two attached hydrogens (primary N) is 1. The highest BCUT2D eigenvalue weighted by Crippen LogP contribution is 2.41. The molecule has 0 saturated carbocycles. The Balaban J connectivity index is 1.46. The van der Waals surface area contributed by atoms with E-state index < -0.39 is 0 Å². The number of benzene rings is 2. The largest absolute Gasteiger partial charge is 0.493 e. The summed E-state index contributed by atoms with van der Waals surface area (Å²) in [6, 6.07) is 16.2. The third kappa shape index (κ3) is 2.83. The van der Waals surface area contributed by atoms with Crippen molar-refractivity contribution in [3.63, 3.8) is 0 Å². The maximum atomic E-state index is 9.15. The molecule has 0 spiro atoms. The molecule has 4 nitrogen and oxygen atoms in total. The number of hydrogen-bond donors (Lipinski definition) is 1. The van der Waals surface area contributed by atoms with Crippen LogP contribution in [0.3, 0.4) is 0 Å². The average molecular weight is 319 g/mol. The van der Waals surface area contributed by atoms with E-state index in [0.717, 1.165) is 49.7 Å². The Kier molecular flexibility index (Phi) is 3.87. The molecule has 0 aliphatic carbocycles. The van der Waals surface area contributed by atoms with Crippen molar-refractivity contribution in [2.24, 2.45) is 5.92 Å². The van der Waals surface area contributed by atoms with Gasteiger partial charge in [0.05, 0.1) is 18.2 Å². The minimum Gasteiger partial charge on any atom is -0.493 e. The lowest BCUT2D eigenvalue weighted by Crippen LogP contribution is -2.25. The van der Waals surface area contributed by atoms with Crippen LogP contribution in [0.2, 0.25) is 0 Å². The quantitative estimate of drug-likeness (QED) is 0.884. The first-order valence-electron chi connectivity index (χ1n) is 8.46. The minimum atomic E-state index is 0.475. The van der Waals surface area contributed by atoms with Gasteiger partial charge in [-0.3, -0.25) is 0 Å². The van der Waals surface area contributed by atoms with Gasteiger partial charge < -0.3 is 15.4 Å². The fourth-order valence-electron chi connectivity index (χ4n) is 3.94. The number of hydrogen-bond acceptors (Lipinski definition) is 4. The molecule has 1 saturated heterocycles. The Morgan fingerprint density at radius 1 is 1.21 bits per heavy atom. The van der Waals surface area contributed by atoms with Crippen molar-refractivity contribution in [1.82, 2.24) is 4.90 Å². The third-order valence-corrected chi connectivity index (χ3v) is 5.18. The van der Waals surface area contributed by atoms with Crippen LogP contribution in [0.5, 0.6) is 5.75 Å². The average Bonchev–Trinajstić information content (AvgIpc) is 3.03. The molecule has 0 radical (unpaired) electrons. The Bertz CT molecular complexity index is 796. The van der Waals surface area contributed by atoms with Crippen LogP contribution in [-0.2, 0) is 6.42 Å². The fraction of sp³-hybridized carbons (Fsp3) is 0.350. The van der Waals surface area contributed by atoms with Crippen molar-refractivity contribution < 1.29 is 4.74 Å². The van der Waals surface area contributed by atoms with Gasteiger partial charge in [-0.05, 0) is 42.3 Å². The maximum absolute atomic E-state index is 9.15. The summed E-state index contributed by atoms with van der Waals surface area (Å²) in [6.45, 7) is 3.91. The zero-order valence-electron chi connectivity index (χ0n) is 13.6. The maximum Gasteiger partial charge on any atom is 0.122 e. The SMILES string of the molecule is N#Cc1ccc2c(c1)[C@@H]1CN(CCc3cccc(N)c3)C[C@H]1CO2. The van der Waals surface area contributed by atoms with Crippen LogP contribution in [0, 0.1) is 17.2 Å². The van der Waals surface area contributed by atoms with Crippen molar-refractivity contribution >= 4 is 5.69 Å². The second-order valence-corrected chi connectivity index (χ2v) is 6.80. The number of likely N-dealkylation sites (tertiary alicyclic amines) is 1. The third-order valence-electron chi connectivity index (χ3n) is 5.18. The summed E-state index contributed by atoms with van der Waals surface area (Å²) in [5.41, 5.74) is 9.90. The van der Waals surface area contributed by atoms with E-state index >= 15 is 0 Å². The monoisotopic (exact) mass is 319 g/mol. The van der Waals surface area contributed by atoms with Gasteiger partial charge in [0.1, 0.15) is 5.75 Å². The summed E-state index contributed by atoms with van der Waals surface area (Å²) in [7, 11) is 0. The summed E-state index contributed by atoms with van der Waals surface area (Å²) >= 11 is 0. The van der Waals surface area contributed by atoms with E-state index in [1.807, 2.05) is 30.3 Å². The molecule has 2 aliphatic rings. The first kappa shape index (κ1) is 15.0. The second-order valence-electron chi connectivity index (χ2n) is 6.80. The van der Waals surface area contributed by atoms with Crippen LogP contribution in [-0.4, -0.2) is 31.1 Å². The zero-order valence-corrected chi connectivity index (χ0v) is 13.6. The molecule has 2 aromatic carbocycles. The number of nitrogens with zero attached hydrogens (tertiary/aromatic N) is 2. The molecule has 2 N–H and O–H groups in total. The van der Waals surface area contributed by atoms with Crippen molar-refractivity contribution in [2.75, 3.05) is 32.0 Å². The smallest absolute Gasteiger partial charge is 0.122 e. The van der Waals surface area contributed by atoms with E-state index in [-0.39, 0.29) is 0 Å². The van der Waals surface area contributed by atoms with Gasteiger partial charge in [0, 0.05) is 42.7 Å². The number of anilines is 1. The molecule has 4 heteroatoms. The predicted octanol–water partition coefficient (Wildman–Crippen LogP) is 2.79. The summed E-state index contributed by atoms with van der Waals surface area (Å²) in [6.07, 6.45) is 1.01. The van der Waals surface area contributed by atoms with Crippen LogP contribution in [0.25, 0.3) is 0 Å². The van der Waals surface area contributed by atoms with Gasteiger partial charge in [-0.15, -0.1) is 0 Å². The predicted molar refractivity (Wildman–Crippen MR) is 93.9 cm³/mol. The van der Waals surface area contributed by atoms with E-state index in [2.05, 4.69) is 23.1 Å². The lowest BCUT2D eigenvalue weighted by Gasteiger charge is -2.27. The van der Waals surface area contributed by atoms with Crippen LogP contribution in [0.15, 0.2) is 42.5 Å². The normalized spacial score (nSPS) is 22.3. The Morgan fingerprint density at radius 3 is 2.96 bits per heavy atom. The molecule has 0 aromatic heterocycles. The summed E-state index contributed by atoms with van der Waals surface area (Å²) < 4.78 is 5.91. The molecular weight excluding hydrogens is 298 g/mol. The van der Waals surface area contributed by atoms with Gasteiger partial charge in [-0.2, -0.15) is 5.26 Å². The lowest BCUT2D eigenvalue weighted by molar-refractivity contribution is 0.213. The highest BCUT2D eigenvalue weighted by molar-refractivity contribution is 5.46. The number of nitrogen functional groups attached to an aromatic ring is 1. The molecular formula is C20H21N3O. The highest BCUT2D eigenvalue weighted by Gasteiger charge is 2.38. The fourth-order valence-corrected chi connectivity index (χ4v) is 3.94. The van der Waals surface area contributed by atoms with Gasteiger partial charge in [-0.25, -0.2) is 0 Å².